The van der Waals surface area contributed by atoms with Gasteiger partial charge in [-0.1, -0.05) is 0 Å². The van der Waals surface area contributed by atoms with Gasteiger partial charge in [-0.25, -0.2) is 8.78 Å². The molecular weight excluding hydrogens is 358 g/mol. The number of aryl methyl sites for hydroxylation is 2. The van der Waals surface area contributed by atoms with Crippen LogP contribution in [0.4, 0.5) is 8.78 Å². The van der Waals surface area contributed by atoms with Crippen LogP contribution in [0.1, 0.15) is 30.9 Å². The first-order valence-corrected chi connectivity index (χ1v) is 9.42. The van der Waals surface area contributed by atoms with E-state index in [9.17, 15) is 13.6 Å². The molecule has 1 nitrogen and oxygen atoms in total. The van der Waals surface area contributed by atoms with Crippen LogP contribution in [-0.2, 0) is 0 Å². The maximum absolute atomic E-state index is 13.2. The molecule has 0 bridgehead atoms. The molecule has 25 heavy (non-hydrogen) atoms. The molecule has 0 fully saturated rings. The second-order valence-electron chi connectivity index (χ2n) is 5.69. The summed E-state index contributed by atoms with van der Waals surface area (Å²) in [4.78, 5) is 16.1. The van der Waals surface area contributed by atoms with Crippen molar-refractivity contribution in [1.82, 2.24) is 0 Å². The van der Waals surface area contributed by atoms with Gasteiger partial charge in [-0.3, -0.25) is 4.79 Å². The Hall–Kier alpha value is -1.98. The van der Waals surface area contributed by atoms with Gasteiger partial charge in [0.2, 0.25) is 0 Å². The molecule has 0 amide bonds. The van der Waals surface area contributed by atoms with Gasteiger partial charge >= 0.3 is 0 Å². The van der Waals surface area contributed by atoms with Crippen molar-refractivity contribution in [2.75, 3.05) is 0 Å². The van der Waals surface area contributed by atoms with Crippen LogP contribution in [0, 0.1) is 25.5 Å². The SMILES string of the molecule is Cc1cc(C(Sc2ccc(F)cc2)C(=O)c2ccc(F)cc2)c(C)s1. The third kappa shape index (κ3) is 4.17. The summed E-state index contributed by atoms with van der Waals surface area (Å²) < 4.78 is 26.3. The molecule has 0 radical (unpaired) electrons. The van der Waals surface area contributed by atoms with Crippen molar-refractivity contribution >= 4 is 28.9 Å². The van der Waals surface area contributed by atoms with Crippen LogP contribution in [0.25, 0.3) is 0 Å². The standard InChI is InChI=1S/C20H16F2OS2/c1-12-11-18(13(2)24-12)20(25-17-9-7-16(22)8-10-17)19(23)14-3-5-15(21)6-4-14/h3-11,20H,1-2H3. The zero-order valence-corrected chi connectivity index (χ0v) is 15.4. The maximum atomic E-state index is 13.2. The molecule has 1 unspecified atom stereocenters. The van der Waals surface area contributed by atoms with E-state index in [-0.39, 0.29) is 17.4 Å². The summed E-state index contributed by atoms with van der Waals surface area (Å²) in [6.45, 7) is 3.99. The zero-order valence-electron chi connectivity index (χ0n) is 13.8. The second-order valence-corrected chi connectivity index (χ2v) is 8.33. The number of halogens is 2. The summed E-state index contributed by atoms with van der Waals surface area (Å²) in [6.07, 6.45) is 0. The average molecular weight is 374 g/mol. The van der Waals surface area contributed by atoms with Crippen molar-refractivity contribution in [2.45, 2.75) is 24.0 Å². The van der Waals surface area contributed by atoms with Gasteiger partial charge in [-0.05, 0) is 74.0 Å². The van der Waals surface area contributed by atoms with Gasteiger partial charge in [-0.2, -0.15) is 0 Å². The van der Waals surface area contributed by atoms with E-state index in [2.05, 4.69) is 0 Å². The Morgan fingerprint density at radius 3 is 2.04 bits per heavy atom. The minimum absolute atomic E-state index is 0.0878. The van der Waals surface area contributed by atoms with E-state index < -0.39 is 5.25 Å². The topological polar surface area (TPSA) is 17.1 Å². The van der Waals surface area contributed by atoms with Crippen molar-refractivity contribution in [2.24, 2.45) is 0 Å². The lowest BCUT2D eigenvalue weighted by Crippen LogP contribution is -2.10. The molecule has 1 aromatic heterocycles. The van der Waals surface area contributed by atoms with Crippen LogP contribution in [0.2, 0.25) is 0 Å². The van der Waals surface area contributed by atoms with Crippen molar-refractivity contribution in [3.63, 3.8) is 0 Å². The molecule has 0 aliphatic rings. The van der Waals surface area contributed by atoms with Crippen LogP contribution in [0.15, 0.2) is 59.5 Å². The highest BCUT2D eigenvalue weighted by Crippen LogP contribution is 2.41. The van der Waals surface area contributed by atoms with Crippen LogP contribution in [-0.4, -0.2) is 5.78 Å². The van der Waals surface area contributed by atoms with Gasteiger partial charge in [0.1, 0.15) is 11.6 Å². The molecule has 3 aromatic rings. The molecule has 0 N–H and O–H groups in total. The number of thiophene rings is 1. The number of rotatable bonds is 5. The third-order valence-electron chi connectivity index (χ3n) is 3.80. The molecule has 1 heterocycles. The molecule has 0 saturated heterocycles. The van der Waals surface area contributed by atoms with E-state index in [1.807, 2.05) is 19.9 Å². The Morgan fingerprint density at radius 2 is 1.52 bits per heavy atom. The van der Waals surface area contributed by atoms with Crippen molar-refractivity contribution in [3.05, 3.63) is 87.1 Å². The number of Topliss-reactive ketones (excluding diaryl/α,β-unsaturated/α-hetero) is 1. The number of benzene rings is 2. The average Bonchev–Trinajstić information content (AvgIpc) is 2.92. The molecule has 0 saturated carbocycles. The zero-order chi connectivity index (χ0) is 18.0. The molecule has 0 aliphatic carbocycles. The van der Waals surface area contributed by atoms with Crippen LogP contribution < -0.4 is 0 Å². The smallest absolute Gasteiger partial charge is 0.180 e. The summed E-state index contributed by atoms with van der Waals surface area (Å²) in [6, 6.07) is 13.7. The lowest BCUT2D eigenvalue weighted by Gasteiger charge is -2.16. The monoisotopic (exact) mass is 374 g/mol. The first kappa shape index (κ1) is 17.8. The van der Waals surface area contributed by atoms with Crippen LogP contribution in [0.3, 0.4) is 0 Å². The summed E-state index contributed by atoms with van der Waals surface area (Å²) in [5.41, 5.74) is 1.41. The molecule has 5 heteroatoms. The Bertz CT molecular complexity index is 883. The molecule has 2 aromatic carbocycles. The van der Waals surface area contributed by atoms with E-state index in [0.29, 0.717) is 5.56 Å². The second kappa shape index (κ2) is 7.50. The maximum Gasteiger partial charge on any atom is 0.180 e. The fourth-order valence-electron chi connectivity index (χ4n) is 2.58. The Balaban J connectivity index is 1.99. The Morgan fingerprint density at radius 1 is 0.960 bits per heavy atom. The largest absolute Gasteiger partial charge is 0.293 e. The van der Waals surface area contributed by atoms with Gasteiger partial charge < -0.3 is 0 Å². The predicted molar refractivity (Wildman–Crippen MR) is 99.5 cm³/mol. The molecule has 1 atom stereocenters. The van der Waals surface area contributed by atoms with E-state index in [4.69, 9.17) is 0 Å². The molecular formula is C20H16F2OS2. The van der Waals surface area contributed by atoms with Gasteiger partial charge in [0, 0.05) is 20.2 Å². The Labute approximate surface area is 153 Å². The number of ketones is 1. The number of thioether (sulfide) groups is 1. The minimum atomic E-state index is -0.458. The van der Waals surface area contributed by atoms with Crippen molar-refractivity contribution < 1.29 is 13.6 Å². The molecule has 128 valence electrons. The lowest BCUT2D eigenvalue weighted by atomic mass is 10.0. The highest BCUT2D eigenvalue weighted by atomic mass is 32.2. The van der Waals surface area contributed by atoms with Gasteiger partial charge in [0.25, 0.3) is 0 Å². The van der Waals surface area contributed by atoms with Gasteiger partial charge in [-0.15, -0.1) is 23.1 Å². The first-order chi connectivity index (χ1) is 11.9. The summed E-state index contributed by atoms with van der Waals surface area (Å²) >= 11 is 3.02. The number of carbonyl (C=O) groups is 1. The lowest BCUT2D eigenvalue weighted by molar-refractivity contribution is 0.0989. The number of carbonyl (C=O) groups excluding carboxylic acids is 1. The van der Waals surface area contributed by atoms with E-state index >= 15 is 0 Å². The van der Waals surface area contributed by atoms with Gasteiger partial charge in [0.15, 0.2) is 5.78 Å². The first-order valence-electron chi connectivity index (χ1n) is 7.73. The fourth-order valence-corrected chi connectivity index (χ4v) is 4.80. The minimum Gasteiger partial charge on any atom is -0.293 e. The van der Waals surface area contributed by atoms with Crippen LogP contribution in [0.5, 0.6) is 0 Å². The van der Waals surface area contributed by atoms with Gasteiger partial charge in [0.05, 0.1) is 5.25 Å². The fraction of sp³-hybridized carbons (Fsp3) is 0.150. The van der Waals surface area contributed by atoms with Crippen LogP contribution >= 0.6 is 23.1 Å². The molecule has 3 rings (SSSR count). The highest BCUT2D eigenvalue weighted by Gasteiger charge is 2.26. The highest BCUT2D eigenvalue weighted by molar-refractivity contribution is 8.00. The Kier molecular flexibility index (Phi) is 5.35. The summed E-state index contributed by atoms with van der Waals surface area (Å²) in [5, 5.41) is -0.458. The normalized spacial score (nSPS) is 12.2. The van der Waals surface area contributed by atoms with Crippen molar-refractivity contribution in [3.8, 4) is 0 Å². The number of hydrogen-bond acceptors (Lipinski definition) is 3. The van der Waals surface area contributed by atoms with E-state index in [1.54, 1.807) is 23.5 Å². The number of hydrogen-bond donors (Lipinski definition) is 0. The summed E-state index contributed by atoms with van der Waals surface area (Å²) in [7, 11) is 0. The molecule has 0 aliphatic heterocycles. The quantitative estimate of drug-likeness (QED) is 0.382. The van der Waals surface area contributed by atoms with E-state index in [0.717, 1.165) is 20.2 Å². The summed E-state index contributed by atoms with van der Waals surface area (Å²) in [5.74, 6) is -0.773. The predicted octanol–water partition coefficient (Wildman–Crippen LogP) is 6.36. The third-order valence-corrected chi connectivity index (χ3v) is 6.03. The van der Waals surface area contributed by atoms with Crippen molar-refractivity contribution in [1.29, 1.82) is 0 Å². The van der Waals surface area contributed by atoms with E-state index in [1.165, 1.54) is 48.2 Å². The molecule has 0 spiro atoms.